The van der Waals surface area contributed by atoms with E-state index >= 15 is 0 Å². The van der Waals surface area contributed by atoms with Gasteiger partial charge >= 0.3 is 0 Å². The first-order valence-electron chi connectivity index (χ1n) is 10.1. The molecule has 1 aliphatic rings. The van der Waals surface area contributed by atoms with Crippen LogP contribution in [0.3, 0.4) is 0 Å². The van der Waals surface area contributed by atoms with E-state index in [-0.39, 0.29) is 5.91 Å². The molecule has 1 aliphatic heterocycles. The maximum atomic E-state index is 12.8. The molecule has 0 radical (unpaired) electrons. The summed E-state index contributed by atoms with van der Waals surface area (Å²) in [6.45, 7) is 4.65. The zero-order valence-corrected chi connectivity index (χ0v) is 16.6. The molecule has 1 aromatic heterocycles. The first-order valence-corrected chi connectivity index (χ1v) is 10.1. The Kier molecular flexibility index (Phi) is 5.74. The summed E-state index contributed by atoms with van der Waals surface area (Å²) in [5, 5.41) is 18.7. The molecule has 6 heteroatoms. The Labute approximate surface area is 170 Å². The van der Waals surface area contributed by atoms with E-state index in [0.29, 0.717) is 25.2 Å². The number of aliphatic hydroxyl groups excluding tert-OH is 1. The molecule has 1 amide bonds. The van der Waals surface area contributed by atoms with Crippen molar-refractivity contribution < 1.29 is 9.90 Å². The maximum Gasteiger partial charge on any atom is 0.254 e. The van der Waals surface area contributed by atoms with Crippen LogP contribution in [0.15, 0.2) is 48.5 Å². The van der Waals surface area contributed by atoms with Gasteiger partial charge in [-0.05, 0) is 36.3 Å². The van der Waals surface area contributed by atoms with Gasteiger partial charge in [-0.15, -0.1) is 0 Å². The lowest BCUT2D eigenvalue weighted by molar-refractivity contribution is -0.0478. The van der Waals surface area contributed by atoms with Gasteiger partial charge in [-0.25, -0.2) is 0 Å². The second-order valence-corrected chi connectivity index (χ2v) is 7.38. The summed E-state index contributed by atoms with van der Waals surface area (Å²) in [6.07, 6.45) is 4.37. The number of para-hydroxylation sites is 1. The molecule has 1 unspecified atom stereocenters. The van der Waals surface area contributed by atoms with Crippen LogP contribution in [0, 0.1) is 0 Å². The highest BCUT2D eigenvalue weighted by Gasteiger charge is 2.27. The normalized spacial score (nSPS) is 18.0. The SMILES string of the molecule is CCCN1CCN(C(=O)c2ccc(C=Cc3n[nH]c4ccccc34)cc2)CC1O. The summed E-state index contributed by atoms with van der Waals surface area (Å²) in [6, 6.07) is 15.6. The highest BCUT2D eigenvalue weighted by Crippen LogP contribution is 2.18. The predicted molar refractivity (Wildman–Crippen MR) is 115 cm³/mol. The lowest BCUT2D eigenvalue weighted by Gasteiger charge is -2.38. The molecule has 0 spiro atoms. The molecule has 4 rings (SSSR count). The molecule has 6 nitrogen and oxygen atoms in total. The summed E-state index contributed by atoms with van der Waals surface area (Å²) in [7, 11) is 0. The van der Waals surface area contributed by atoms with Crippen LogP contribution in [-0.2, 0) is 0 Å². The number of hydrogen-bond donors (Lipinski definition) is 2. The van der Waals surface area contributed by atoms with Crippen molar-refractivity contribution in [2.24, 2.45) is 0 Å². The molecule has 3 aromatic rings. The van der Waals surface area contributed by atoms with Crippen LogP contribution in [0.4, 0.5) is 0 Å². The van der Waals surface area contributed by atoms with Crippen LogP contribution in [0.2, 0.25) is 0 Å². The number of rotatable bonds is 5. The van der Waals surface area contributed by atoms with Crippen molar-refractivity contribution in [3.05, 3.63) is 65.4 Å². The molecule has 0 saturated carbocycles. The molecule has 2 aromatic carbocycles. The van der Waals surface area contributed by atoms with Crippen LogP contribution in [0.5, 0.6) is 0 Å². The van der Waals surface area contributed by atoms with Crippen LogP contribution in [0.25, 0.3) is 23.1 Å². The van der Waals surface area contributed by atoms with Crippen molar-refractivity contribution in [1.29, 1.82) is 0 Å². The number of carbonyl (C=O) groups excluding carboxylic acids is 1. The standard InChI is InChI=1S/C23H26N4O2/c1-2-13-26-14-15-27(16-22(26)28)23(29)18-10-7-17(8-11-18)9-12-21-19-5-3-4-6-20(19)24-25-21/h3-12,22,28H,2,13-16H2,1H3,(H,24,25). The van der Waals surface area contributed by atoms with Gasteiger partial charge in [0.05, 0.1) is 17.8 Å². The summed E-state index contributed by atoms with van der Waals surface area (Å²) in [5.41, 5.74) is 3.54. The Morgan fingerprint density at radius 1 is 1.17 bits per heavy atom. The average molecular weight is 390 g/mol. The summed E-state index contributed by atoms with van der Waals surface area (Å²) >= 11 is 0. The van der Waals surface area contributed by atoms with Gasteiger partial charge in [-0.3, -0.25) is 14.8 Å². The van der Waals surface area contributed by atoms with E-state index in [1.807, 2.05) is 65.6 Å². The smallest absolute Gasteiger partial charge is 0.254 e. The van der Waals surface area contributed by atoms with Crippen molar-refractivity contribution in [3.63, 3.8) is 0 Å². The van der Waals surface area contributed by atoms with Crippen LogP contribution < -0.4 is 0 Å². The summed E-state index contributed by atoms with van der Waals surface area (Å²) in [4.78, 5) is 16.5. The van der Waals surface area contributed by atoms with Gasteiger partial charge in [0.2, 0.25) is 0 Å². The minimum Gasteiger partial charge on any atom is -0.376 e. The van der Waals surface area contributed by atoms with Gasteiger partial charge in [0.25, 0.3) is 5.91 Å². The molecule has 1 atom stereocenters. The van der Waals surface area contributed by atoms with E-state index in [9.17, 15) is 9.90 Å². The van der Waals surface area contributed by atoms with Crippen molar-refractivity contribution >= 4 is 29.0 Å². The third-order valence-corrected chi connectivity index (χ3v) is 5.35. The van der Waals surface area contributed by atoms with Gasteiger partial charge in [0.15, 0.2) is 0 Å². The number of fused-ring (bicyclic) bond motifs is 1. The molecule has 2 heterocycles. The number of piperazine rings is 1. The van der Waals surface area contributed by atoms with E-state index in [1.165, 1.54) is 0 Å². The number of aliphatic hydroxyl groups is 1. The fraction of sp³-hybridized carbons (Fsp3) is 0.304. The van der Waals surface area contributed by atoms with Gasteiger partial charge < -0.3 is 10.0 Å². The first-order chi connectivity index (χ1) is 14.2. The number of H-pyrrole nitrogens is 1. The molecule has 1 saturated heterocycles. The molecule has 2 N–H and O–H groups in total. The van der Waals surface area contributed by atoms with Crippen molar-refractivity contribution in [3.8, 4) is 0 Å². The number of benzene rings is 2. The maximum absolute atomic E-state index is 12.8. The van der Waals surface area contributed by atoms with Crippen molar-refractivity contribution in [2.75, 3.05) is 26.2 Å². The van der Waals surface area contributed by atoms with E-state index < -0.39 is 6.23 Å². The Morgan fingerprint density at radius 3 is 2.72 bits per heavy atom. The number of amides is 1. The third kappa shape index (κ3) is 4.23. The molecule has 0 bridgehead atoms. The average Bonchev–Trinajstić information content (AvgIpc) is 3.17. The van der Waals surface area contributed by atoms with Crippen molar-refractivity contribution in [2.45, 2.75) is 19.6 Å². The second kappa shape index (κ2) is 8.59. The van der Waals surface area contributed by atoms with Gasteiger partial charge in [0, 0.05) is 30.6 Å². The van der Waals surface area contributed by atoms with Gasteiger partial charge in [0.1, 0.15) is 6.23 Å². The van der Waals surface area contributed by atoms with E-state index in [0.717, 1.165) is 35.1 Å². The quantitative estimate of drug-likeness (QED) is 0.702. The number of nitrogens with zero attached hydrogens (tertiary/aromatic N) is 3. The van der Waals surface area contributed by atoms with E-state index in [2.05, 4.69) is 17.1 Å². The fourth-order valence-corrected chi connectivity index (χ4v) is 3.74. The largest absolute Gasteiger partial charge is 0.376 e. The first kappa shape index (κ1) is 19.4. The predicted octanol–water partition coefficient (Wildman–Crippen LogP) is 3.22. The zero-order valence-electron chi connectivity index (χ0n) is 16.6. The van der Waals surface area contributed by atoms with Crippen molar-refractivity contribution in [1.82, 2.24) is 20.0 Å². The molecule has 0 aliphatic carbocycles. The van der Waals surface area contributed by atoms with Crippen LogP contribution in [0.1, 0.15) is 35.0 Å². The number of aromatic amines is 1. The Morgan fingerprint density at radius 2 is 1.97 bits per heavy atom. The number of hydrogen-bond acceptors (Lipinski definition) is 4. The number of carbonyl (C=O) groups is 1. The highest BCUT2D eigenvalue weighted by molar-refractivity contribution is 5.95. The number of aromatic nitrogens is 2. The topological polar surface area (TPSA) is 72.5 Å². The Bertz CT molecular complexity index is 1010. The molecule has 150 valence electrons. The zero-order chi connectivity index (χ0) is 20.2. The Hall–Kier alpha value is -2.96. The van der Waals surface area contributed by atoms with Gasteiger partial charge in [-0.2, -0.15) is 5.10 Å². The monoisotopic (exact) mass is 390 g/mol. The Balaban J connectivity index is 1.42. The van der Waals surface area contributed by atoms with E-state index in [1.54, 1.807) is 4.90 Å². The van der Waals surface area contributed by atoms with Crippen LogP contribution in [-0.4, -0.2) is 63.4 Å². The second-order valence-electron chi connectivity index (χ2n) is 7.38. The lowest BCUT2D eigenvalue weighted by atomic mass is 10.1. The van der Waals surface area contributed by atoms with E-state index in [4.69, 9.17) is 0 Å². The molecule has 29 heavy (non-hydrogen) atoms. The summed E-state index contributed by atoms with van der Waals surface area (Å²) < 4.78 is 0. The highest BCUT2D eigenvalue weighted by atomic mass is 16.3. The summed E-state index contributed by atoms with van der Waals surface area (Å²) in [5.74, 6) is -0.0333. The van der Waals surface area contributed by atoms with Gasteiger partial charge in [-0.1, -0.05) is 43.3 Å². The number of nitrogens with one attached hydrogen (secondary N) is 1. The minimum atomic E-state index is -0.585. The molecular weight excluding hydrogens is 364 g/mol. The van der Waals surface area contributed by atoms with Crippen LogP contribution >= 0.6 is 0 Å². The molecule has 1 fully saturated rings. The minimum absolute atomic E-state index is 0.0333. The number of β-amino-alcohol motifs (C(OH)–C–C–N with tert-alkyl or cyclic N) is 1. The lowest BCUT2D eigenvalue weighted by Crippen LogP contribution is -2.54. The third-order valence-electron chi connectivity index (χ3n) is 5.35. The fourth-order valence-electron chi connectivity index (χ4n) is 3.74. The molecular formula is C23H26N4O2.